The highest BCUT2D eigenvalue weighted by Crippen LogP contribution is 2.55. The number of unbranched alkanes of at least 4 members (excludes halogenated alkanes) is 6. The van der Waals surface area contributed by atoms with E-state index >= 15 is 0 Å². The molecule has 2 aromatic rings. The lowest BCUT2D eigenvalue weighted by Gasteiger charge is -2.47. The van der Waals surface area contributed by atoms with Crippen molar-refractivity contribution in [2.75, 3.05) is 0 Å². The second kappa shape index (κ2) is 18.8. The number of hydrogen-bond donors (Lipinski definition) is 0. The summed E-state index contributed by atoms with van der Waals surface area (Å²) in [5, 5.41) is 0. The highest BCUT2D eigenvalue weighted by atomic mass is 16.7. The number of hydrogen-bond acceptors (Lipinski definition) is 8. The van der Waals surface area contributed by atoms with Crippen LogP contribution in [0.25, 0.3) is 0 Å². The summed E-state index contributed by atoms with van der Waals surface area (Å²) >= 11 is 0. The van der Waals surface area contributed by atoms with Crippen LogP contribution in [0.2, 0.25) is 0 Å². The number of fused-ring (bicyclic) bond motifs is 2. The van der Waals surface area contributed by atoms with Crippen molar-refractivity contribution in [2.24, 2.45) is 0 Å². The molecule has 48 heavy (non-hydrogen) atoms. The Morgan fingerprint density at radius 1 is 0.521 bits per heavy atom. The van der Waals surface area contributed by atoms with E-state index in [0.29, 0.717) is 43.2 Å². The summed E-state index contributed by atoms with van der Waals surface area (Å²) in [4.78, 5) is 54.5. The van der Waals surface area contributed by atoms with Crippen LogP contribution in [-0.2, 0) is 49.7 Å². The minimum Gasteiger partial charge on any atom is -0.414 e. The van der Waals surface area contributed by atoms with Crippen molar-refractivity contribution in [1.29, 1.82) is 0 Å². The fraction of sp³-hybridized carbons (Fsp3) is 0.600. The maximum absolute atomic E-state index is 13.8. The van der Waals surface area contributed by atoms with Crippen LogP contribution in [0, 0.1) is 0 Å². The Morgan fingerprint density at radius 3 is 1.42 bits per heavy atom. The summed E-state index contributed by atoms with van der Waals surface area (Å²) in [5.74, 6) is -6.22. The third kappa shape index (κ3) is 9.06. The Morgan fingerprint density at radius 2 is 0.958 bits per heavy atom. The summed E-state index contributed by atoms with van der Waals surface area (Å²) < 4.78 is 25.5. The van der Waals surface area contributed by atoms with E-state index in [0.717, 1.165) is 44.1 Å². The highest BCUT2D eigenvalue weighted by Gasteiger charge is 2.60. The van der Waals surface area contributed by atoms with Crippen molar-refractivity contribution in [3.63, 3.8) is 0 Å². The van der Waals surface area contributed by atoms with E-state index in [1.165, 1.54) is 0 Å². The topological polar surface area (TPSA) is 105 Å². The number of rotatable bonds is 20. The van der Waals surface area contributed by atoms with Crippen molar-refractivity contribution in [3.05, 3.63) is 70.3 Å². The number of ether oxygens (including phenoxy) is 4. The normalized spacial score (nSPS) is 18.6. The zero-order valence-corrected chi connectivity index (χ0v) is 30.0. The molecule has 0 aromatic heterocycles. The first-order chi connectivity index (χ1) is 23.1. The second-order valence-electron chi connectivity index (χ2n) is 12.9. The SMILES string of the molecule is CCCCCCC(=O)OC1(OC(=O)CCC)c2ccccc2C(OC(=O)CCC)(OC(=O)CCCCCC)c2c(C(C)CC)cccc21. The molecule has 3 rings (SSSR count). The molecule has 0 heterocycles. The van der Waals surface area contributed by atoms with Gasteiger partial charge in [0.25, 0.3) is 0 Å². The van der Waals surface area contributed by atoms with Gasteiger partial charge in [0.15, 0.2) is 0 Å². The Labute approximate surface area is 287 Å². The number of benzene rings is 2. The quantitative estimate of drug-likeness (QED) is 0.0783. The van der Waals surface area contributed by atoms with Gasteiger partial charge in [-0.15, -0.1) is 0 Å². The molecule has 0 amide bonds. The average Bonchev–Trinajstić information content (AvgIpc) is 3.07. The molecule has 0 saturated heterocycles. The highest BCUT2D eigenvalue weighted by molar-refractivity contribution is 5.78. The van der Waals surface area contributed by atoms with Crippen molar-refractivity contribution in [3.8, 4) is 0 Å². The predicted molar refractivity (Wildman–Crippen MR) is 185 cm³/mol. The van der Waals surface area contributed by atoms with Gasteiger partial charge in [-0.1, -0.05) is 123 Å². The van der Waals surface area contributed by atoms with Gasteiger partial charge < -0.3 is 18.9 Å². The lowest BCUT2D eigenvalue weighted by Crippen LogP contribution is -2.51. The largest absolute Gasteiger partial charge is 0.414 e. The van der Waals surface area contributed by atoms with Crippen LogP contribution < -0.4 is 0 Å². The molecule has 3 atom stereocenters. The van der Waals surface area contributed by atoms with Gasteiger partial charge in [-0.25, -0.2) is 0 Å². The van der Waals surface area contributed by atoms with Gasteiger partial charge in [-0.2, -0.15) is 0 Å². The Bertz CT molecular complexity index is 1380. The molecule has 0 bridgehead atoms. The first kappa shape index (κ1) is 38.8. The monoisotopic (exact) mass is 664 g/mol. The van der Waals surface area contributed by atoms with E-state index < -0.39 is 35.5 Å². The zero-order valence-electron chi connectivity index (χ0n) is 30.0. The first-order valence-electron chi connectivity index (χ1n) is 18.2. The minimum atomic E-state index is -2.01. The summed E-state index contributed by atoms with van der Waals surface area (Å²) in [7, 11) is 0. The molecular weight excluding hydrogens is 608 g/mol. The summed E-state index contributed by atoms with van der Waals surface area (Å²) in [6.45, 7) is 12.0. The summed E-state index contributed by atoms with van der Waals surface area (Å²) in [5.41, 5.74) is 1.94. The third-order valence-corrected chi connectivity index (χ3v) is 8.97. The smallest absolute Gasteiger partial charge is 0.312 e. The summed E-state index contributed by atoms with van der Waals surface area (Å²) in [6.07, 6.45) is 9.23. The molecule has 3 unspecified atom stereocenters. The van der Waals surface area contributed by atoms with Gasteiger partial charge in [0.05, 0.1) is 22.3 Å². The van der Waals surface area contributed by atoms with Crippen molar-refractivity contribution >= 4 is 23.9 Å². The van der Waals surface area contributed by atoms with Gasteiger partial charge in [-0.3, -0.25) is 19.2 Å². The van der Waals surface area contributed by atoms with Crippen LogP contribution in [0.5, 0.6) is 0 Å². The molecule has 264 valence electrons. The minimum absolute atomic E-state index is 0.0912. The van der Waals surface area contributed by atoms with Crippen molar-refractivity contribution < 1.29 is 38.1 Å². The van der Waals surface area contributed by atoms with E-state index in [1.54, 1.807) is 30.3 Å². The molecule has 8 nitrogen and oxygen atoms in total. The fourth-order valence-electron chi connectivity index (χ4n) is 6.30. The van der Waals surface area contributed by atoms with E-state index in [1.807, 2.05) is 39.8 Å². The molecule has 8 heteroatoms. The maximum atomic E-state index is 13.8. The molecule has 2 aromatic carbocycles. The molecule has 1 aliphatic rings. The zero-order chi connectivity index (χ0) is 35.2. The molecule has 0 radical (unpaired) electrons. The van der Waals surface area contributed by atoms with Crippen LogP contribution in [0.4, 0.5) is 0 Å². The van der Waals surface area contributed by atoms with E-state index in [2.05, 4.69) is 13.8 Å². The molecule has 0 saturated carbocycles. The summed E-state index contributed by atoms with van der Waals surface area (Å²) in [6, 6.07) is 12.3. The van der Waals surface area contributed by atoms with Crippen molar-refractivity contribution in [1.82, 2.24) is 0 Å². The Balaban J connectivity index is 2.40. The predicted octanol–water partition coefficient (Wildman–Crippen LogP) is 9.63. The van der Waals surface area contributed by atoms with Gasteiger partial charge in [-0.05, 0) is 43.6 Å². The second-order valence-corrected chi connectivity index (χ2v) is 12.9. The van der Waals surface area contributed by atoms with E-state index in [9.17, 15) is 19.2 Å². The lowest BCUT2D eigenvalue weighted by molar-refractivity contribution is -0.240. The van der Waals surface area contributed by atoms with Gasteiger partial charge in [0.1, 0.15) is 0 Å². The van der Waals surface area contributed by atoms with Gasteiger partial charge in [0.2, 0.25) is 0 Å². The standard InChI is InChI=1S/C40H56O8/c1-7-12-14-16-27-36(43)46-39(45-34(41)21-9-3)31-24-18-19-25-32(31)40(47-35(42)22-10-4,48-37(44)28-17-15-13-8-2)38-30(29(6)11-5)23-20-26-33(38)39/h18-20,23-26,29H,7-17,21-22,27-28H2,1-6H3. The van der Waals surface area contributed by atoms with Crippen LogP contribution in [-0.4, -0.2) is 23.9 Å². The molecule has 1 aliphatic carbocycles. The lowest BCUT2D eigenvalue weighted by atomic mass is 9.73. The van der Waals surface area contributed by atoms with Gasteiger partial charge in [0, 0.05) is 25.7 Å². The molecule has 0 fully saturated rings. The van der Waals surface area contributed by atoms with Crippen LogP contribution in [0.3, 0.4) is 0 Å². The van der Waals surface area contributed by atoms with Crippen LogP contribution >= 0.6 is 0 Å². The average molecular weight is 665 g/mol. The maximum Gasteiger partial charge on any atom is 0.312 e. The number of esters is 4. The third-order valence-electron chi connectivity index (χ3n) is 8.97. The molecule has 0 N–H and O–H groups in total. The Kier molecular flexibility index (Phi) is 15.1. The van der Waals surface area contributed by atoms with E-state index in [4.69, 9.17) is 18.9 Å². The Hall–Kier alpha value is -3.68. The molecular formula is C40H56O8. The number of carbonyl (C=O) groups is 4. The van der Waals surface area contributed by atoms with Gasteiger partial charge >= 0.3 is 35.5 Å². The fourth-order valence-corrected chi connectivity index (χ4v) is 6.30. The van der Waals surface area contributed by atoms with Crippen molar-refractivity contribution in [2.45, 2.75) is 155 Å². The van der Waals surface area contributed by atoms with Crippen LogP contribution in [0.1, 0.15) is 172 Å². The molecule has 0 aliphatic heterocycles. The van der Waals surface area contributed by atoms with Crippen LogP contribution in [0.15, 0.2) is 42.5 Å². The molecule has 0 spiro atoms. The van der Waals surface area contributed by atoms with E-state index in [-0.39, 0.29) is 42.7 Å². The first-order valence-corrected chi connectivity index (χ1v) is 18.2. The number of carbonyl (C=O) groups excluding carboxylic acids is 4.